The number of phenolic OH excluding ortho intramolecular Hbond substituents is 1. The van der Waals surface area contributed by atoms with Crippen molar-refractivity contribution >= 4 is 0 Å². The van der Waals surface area contributed by atoms with Gasteiger partial charge in [-0.1, -0.05) is 66.7 Å². The van der Waals surface area contributed by atoms with E-state index in [0.717, 1.165) is 31.9 Å². The first-order chi connectivity index (χ1) is 16.6. The van der Waals surface area contributed by atoms with Crippen molar-refractivity contribution in [1.29, 1.82) is 0 Å². The van der Waals surface area contributed by atoms with Crippen molar-refractivity contribution in [3.05, 3.63) is 101 Å². The maximum atomic E-state index is 10.3. The minimum absolute atomic E-state index is 0.0834. The Kier molecular flexibility index (Phi) is 6.94. The summed E-state index contributed by atoms with van der Waals surface area (Å²) in [4.78, 5) is 5.19. The highest BCUT2D eigenvalue weighted by Crippen LogP contribution is 2.35. The maximum Gasteiger partial charge on any atom is 0.115 e. The third-order valence-electron chi connectivity index (χ3n) is 7.14. The van der Waals surface area contributed by atoms with Crippen molar-refractivity contribution < 1.29 is 5.11 Å². The second kappa shape index (κ2) is 10.3. The molecular weight excluding hydrogens is 422 g/mol. The zero-order chi connectivity index (χ0) is 23.5. The van der Waals surface area contributed by atoms with Gasteiger partial charge in [-0.05, 0) is 48.2 Å². The second-order valence-electron chi connectivity index (χ2n) is 9.61. The van der Waals surface area contributed by atoms with Crippen LogP contribution in [0.2, 0.25) is 0 Å². The van der Waals surface area contributed by atoms with Gasteiger partial charge < -0.3 is 5.11 Å². The molecule has 0 saturated carbocycles. The number of benzene rings is 3. The van der Waals surface area contributed by atoms with Crippen LogP contribution >= 0.6 is 0 Å². The number of hydrogen-bond acceptors (Lipinski definition) is 6. The van der Waals surface area contributed by atoms with Gasteiger partial charge in [-0.3, -0.25) is 15.1 Å². The molecule has 3 aromatic carbocycles. The third kappa shape index (κ3) is 5.02. The number of hydrogen-bond donors (Lipinski definition) is 4. The zero-order valence-corrected chi connectivity index (χ0v) is 20.0. The molecule has 6 nitrogen and oxygen atoms in total. The van der Waals surface area contributed by atoms with Crippen LogP contribution < -0.4 is 16.2 Å². The smallest absolute Gasteiger partial charge is 0.115 e. The first-order valence-corrected chi connectivity index (χ1v) is 12.2. The highest BCUT2D eigenvalue weighted by molar-refractivity contribution is 5.38. The standard InChI is InChI=1S/C28H35N5O/c1-20-17-33(21(2)16-32(20)18-22-7-4-3-5-8-22)27(25-9-6-10-26(34)15-25)23-11-13-24(14-12-23)28-29-19-30-31-28/h3-15,20-21,27-31,34H,16-19H2,1-2H3/t20-,21+,27-,28?/m1/s1. The number of phenols is 1. The monoisotopic (exact) mass is 457 g/mol. The van der Waals surface area contributed by atoms with Gasteiger partial charge in [0.15, 0.2) is 0 Å². The van der Waals surface area contributed by atoms with Crippen LogP contribution in [0.15, 0.2) is 78.9 Å². The van der Waals surface area contributed by atoms with E-state index >= 15 is 0 Å². The number of nitrogens with one attached hydrogen (secondary N) is 3. The van der Waals surface area contributed by atoms with Crippen LogP contribution in [-0.2, 0) is 6.54 Å². The molecule has 34 heavy (non-hydrogen) atoms. The predicted molar refractivity (Wildman–Crippen MR) is 136 cm³/mol. The van der Waals surface area contributed by atoms with Gasteiger partial charge in [0.05, 0.1) is 18.9 Å². The molecule has 2 saturated heterocycles. The summed E-state index contributed by atoms with van der Waals surface area (Å²) in [5.41, 5.74) is 11.3. The number of nitrogens with zero attached hydrogens (tertiary/aromatic N) is 2. The molecular formula is C28H35N5O. The van der Waals surface area contributed by atoms with Crippen molar-refractivity contribution in [2.45, 2.75) is 44.7 Å². The number of piperazine rings is 1. The molecule has 178 valence electrons. The molecule has 2 fully saturated rings. The molecule has 5 rings (SSSR count). The Morgan fingerprint density at radius 2 is 1.68 bits per heavy atom. The second-order valence-corrected chi connectivity index (χ2v) is 9.61. The highest BCUT2D eigenvalue weighted by Gasteiger charge is 2.35. The SMILES string of the molecule is C[C@@H]1CN([C@H](c2ccc(C3NCNN3)cc2)c2cccc(O)c2)[C@@H](C)CN1Cc1ccccc1. The molecule has 6 heteroatoms. The van der Waals surface area contributed by atoms with Crippen LogP contribution in [0.3, 0.4) is 0 Å². The van der Waals surface area contributed by atoms with E-state index in [1.54, 1.807) is 6.07 Å². The van der Waals surface area contributed by atoms with E-state index in [-0.39, 0.29) is 12.2 Å². The van der Waals surface area contributed by atoms with Gasteiger partial charge in [0, 0.05) is 31.7 Å². The van der Waals surface area contributed by atoms with Crippen molar-refractivity contribution in [2.24, 2.45) is 0 Å². The average molecular weight is 458 g/mol. The topological polar surface area (TPSA) is 62.8 Å². The Balaban J connectivity index is 1.41. The van der Waals surface area contributed by atoms with Crippen molar-refractivity contribution in [1.82, 2.24) is 26.0 Å². The minimum Gasteiger partial charge on any atom is -0.508 e. The molecule has 1 unspecified atom stereocenters. The Bertz CT molecular complexity index is 1070. The summed E-state index contributed by atoms with van der Waals surface area (Å²) in [7, 11) is 0. The van der Waals surface area contributed by atoms with Gasteiger partial charge in [0.1, 0.15) is 5.75 Å². The van der Waals surface area contributed by atoms with Crippen LogP contribution in [0.5, 0.6) is 5.75 Å². The highest BCUT2D eigenvalue weighted by atomic mass is 16.3. The normalized spacial score (nSPS) is 24.8. The van der Waals surface area contributed by atoms with E-state index in [1.807, 2.05) is 12.1 Å². The largest absolute Gasteiger partial charge is 0.508 e. The Labute approximate surface area is 202 Å². The summed E-state index contributed by atoms with van der Waals surface area (Å²) in [5.74, 6) is 0.313. The fraction of sp³-hybridized carbons (Fsp3) is 0.357. The lowest BCUT2D eigenvalue weighted by Crippen LogP contribution is -2.56. The Morgan fingerprint density at radius 3 is 2.38 bits per heavy atom. The predicted octanol–water partition coefficient (Wildman–Crippen LogP) is 3.73. The zero-order valence-electron chi connectivity index (χ0n) is 20.0. The quantitative estimate of drug-likeness (QED) is 0.453. The average Bonchev–Trinajstić information content (AvgIpc) is 3.39. The van der Waals surface area contributed by atoms with E-state index in [0.29, 0.717) is 17.8 Å². The van der Waals surface area contributed by atoms with E-state index in [4.69, 9.17) is 0 Å². The number of hydrazine groups is 1. The van der Waals surface area contributed by atoms with Crippen LogP contribution in [0.4, 0.5) is 0 Å². The molecule has 0 aromatic heterocycles. The molecule has 0 amide bonds. The molecule has 3 aromatic rings. The van der Waals surface area contributed by atoms with E-state index in [2.05, 4.69) is 100 Å². The van der Waals surface area contributed by atoms with Crippen molar-refractivity contribution in [3.63, 3.8) is 0 Å². The maximum absolute atomic E-state index is 10.3. The summed E-state index contributed by atoms with van der Waals surface area (Å²) in [6, 6.07) is 28.2. The van der Waals surface area contributed by atoms with Crippen LogP contribution in [-0.4, -0.2) is 46.7 Å². The van der Waals surface area contributed by atoms with E-state index in [9.17, 15) is 5.11 Å². The summed E-state index contributed by atoms with van der Waals surface area (Å²) in [6.45, 7) is 8.35. The number of aromatic hydroxyl groups is 1. The van der Waals surface area contributed by atoms with Gasteiger partial charge in [-0.2, -0.15) is 0 Å². The van der Waals surface area contributed by atoms with Crippen molar-refractivity contribution in [2.75, 3.05) is 19.8 Å². The fourth-order valence-corrected chi connectivity index (χ4v) is 5.32. The lowest BCUT2D eigenvalue weighted by molar-refractivity contribution is 0.0195. The molecule has 0 aliphatic carbocycles. The van der Waals surface area contributed by atoms with E-state index in [1.165, 1.54) is 16.7 Å². The van der Waals surface area contributed by atoms with Crippen molar-refractivity contribution in [3.8, 4) is 5.75 Å². The molecule has 0 bridgehead atoms. The molecule has 2 aliphatic heterocycles. The molecule has 2 heterocycles. The molecule has 0 radical (unpaired) electrons. The fourth-order valence-electron chi connectivity index (χ4n) is 5.32. The number of rotatable bonds is 6. The molecule has 4 N–H and O–H groups in total. The van der Waals surface area contributed by atoms with Gasteiger partial charge in [0.25, 0.3) is 0 Å². The van der Waals surface area contributed by atoms with Gasteiger partial charge in [-0.15, -0.1) is 0 Å². The lowest BCUT2D eigenvalue weighted by Gasteiger charge is -2.47. The summed E-state index contributed by atoms with van der Waals surface area (Å²) in [5, 5.41) is 13.7. The summed E-state index contributed by atoms with van der Waals surface area (Å²) < 4.78 is 0. The summed E-state index contributed by atoms with van der Waals surface area (Å²) >= 11 is 0. The van der Waals surface area contributed by atoms with Gasteiger partial charge >= 0.3 is 0 Å². The lowest BCUT2D eigenvalue weighted by atomic mass is 9.92. The molecule has 4 atom stereocenters. The first-order valence-electron chi connectivity index (χ1n) is 12.2. The van der Waals surface area contributed by atoms with Gasteiger partial charge in [-0.25, -0.2) is 10.9 Å². The van der Waals surface area contributed by atoms with Crippen LogP contribution in [0, 0.1) is 0 Å². The molecule has 2 aliphatic rings. The first kappa shape index (κ1) is 23.0. The Hall–Kier alpha value is -2.74. The third-order valence-corrected chi connectivity index (χ3v) is 7.14. The summed E-state index contributed by atoms with van der Waals surface area (Å²) in [6.07, 6.45) is 0.119. The van der Waals surface area contributed by atoms with Crippen LogP contribution in [0.1, 0.15) is 48.3 Å². The van der Waals surface area contributed by atoms with Gasteiger partial charge in [0.2, 0.25) is 0 Å². The minimum atomic E-state index is 0.0834. The van der Waals surface area contributed by atoms with Crippen LogP contribution in [0.25, 0.3) is 0 Å². The van der Waals surface area contributed by atoms with E-state index < -0.39 is 0 Å². The molecule has 0 spiro atoms. The Morgan fingerprint density at radius 1 is 0.882 bits per heavy atom.